The fourth-order valence-electron chi connectivity index (χ4n) is 3.49. The SMILES string of the molecule is O=C(CCc1nnc(C2CCCC2)o1)NCC1(O)CCCC1. The predicted molar refractivity (Wildman–Crippen MR) is 80.3 cm³/mol. The van der Waals surface area contributed by atoms with Crippen molar-refractivity contribution in [2.24, 2.45) is 0 Å². The van der Waals surface area contributed by atoms with Crippen molar-refractivity contribution in [2.45, 2.75) is 75.7 Å². The van der Waals surface area contributed by atoms with Gasteiger partial charge in [0.2, 0.25) is 17.7 Å². The molecule has 0 radical (unpaired) electrons. The van der Waals surface area contributed by atoms with Crippen LogP contribution in [0, 0.1) is 0 Å². The van der Waals surface area contributed by atoms with E-state index < -0.39 is 5.60 Å². The van der Waals surface area contributed by atoms with E-state index in [9.17, 15) is 9.90 Å². The van der Waals surface area contributed by atoms with Crippen LogP contribution >= 0.6 is 0 Å². The highest BCUT2D eigenvalue weighted by Crippen LogP contribution is 2.33. The first-order valence-corrected chi connectivity index (χ1v) is 8.46. The van der Waals surface area contributed by atoms with Gasteiger partial charge in [-0.1, -0.05) is 25.7 Å². The Morgan fingerprint density at radius 2 is 1.95 bits per heavy atom. The van der Waals surface area contributed by atoms with Crippen LogP contribution in [0.3, 0.4) is 0 Å². The maximum atomic E-state index is 11.9. The lowest BCUT2D eigenvalue weighted by Gasteiger charge is -2.22. The number of carbonyl (C=O) groups is 1. The van der Waals surface area contributed by atoms with Gasteiger partial charge in [-0.15, -0.1) is 10.2 Å². The first-order chi connectivity index (χ1) is 10.6. The summed E-state index contributed by atoms with van der Waals surface area (Å²) >= 11 is 0. The Bertz CT molecular complexity index is 502. The third-order valence-corrected chi connectivity index (χ3v) is 4.90. The zero-order chi connectivity index (χ0) is 15.4. The highest BCUT2D eigenvalue weighted by Gasteiger charge is 2.31. The van der Waals surface area contributed by atoms with Gasteiger partial charge in [-0.25, -0.2) is 0 Å². The van der Waals surface area contributed by atoms with E-state index in [2.05, 4.69) is 15.5 Å². The number of aryl methyl sites for hydroxylation is 1. The zero-order valence-electron chi connectivity index (χ0n) is 13.0. The second-order valence-electron chi connectivity index (χ2n) is 6.72. The Kier molecular flexibility index (Phi) is 4.76. The Morgan fingerprint density at radius 3 is 2.68 bits per heavy atom. The van der Waals surface area contributed by atoms with Gasteiger partial charge in [-0.2, -0.15) is 0 Å². The molecular formula is C16H25N3O3. The van der Waals surface area contributed by atoms with E-state index in [-0.39, 0.29) is 5.91 Å². The molecule has 2 aliphatic carbocycles. The van der Waals surface area contributed by atoms with Crippen molar-refractivity contribution in [3.8, 4) is 0 Å². The van der Waals surface area contributed by atoms with E-state index in [1.807, 2.05) is 0 Å². The molecule has 2 aliphatic rings. The molecule has 6 heteroatoms. The molecule has 1 aromatic rings. The Balaban J connectivity index is 1.41. The van der Waals surface area contributed by atoms with Crippen molar-refractivity contribution < 1.29 is 14.3 Å². The minimum Gasteiger partial charge on any atom is -0.425 e. The quantitative estimate of drug-likeness (QED) is 0.840. The largest absolute Gasteiger partial charge is 0.425 e. The highest BCUT2D eigenvalue weighted by molar-refractivity contribution is 5.76. The van der Waals surface area contributed by atoms with Gasteiger partial charge in [0.1, 0.15) is 0 Å². The molecule has 3 rings (SSSR count). The van der Waals surface area contributed by atoms with Crippen molar-refractivity contribution in [1.82, 2.24) is 15.5 Å². The molecule has 1 amide bonds. The second kappa shape index (κ2) is 6.77. The summed E-state index contributed by atoms with van der Waals surface area (Å²) in [6, 6.07) is 0. The summed E-state index contributed by atoms with van der Waals surface area (Å²) in [5.74, 6) is 1.61. The van der Waals surface area contributed by atoms with Gasteiger partial charge in [-0.05, 0) is 25.7 Å². The molecule has 0 aliphatic heterocycles. The maximum absolute atomic E-state index is 11.9. The first-order valence-electron chi connectivity index (χ1n) is 8.46. The van der Waals surface area contributed by atoms with E-state index in [1.54, 1.807) is 0 Å². The number of nitrogens with one attached hydrogen (secondary N) is 1. The molecule has 2 saturated carbocycles. The Hall–Kier alpha value is -1.43. The van der Waals surface area contributed by atoms with E-state index >= 15 is 0 Å². The predicted octanol–water partition coefficient (Wildman–Crippen LogP) is 2.08. The standard InChI is InChI=1S/C16H25N3O3/c20-13(17-11-16(21)9-3-4-10-16)7-8-14-18-19-15(22-14)12-5-1-2-6-12/h12,21H,1-11H2,(H,17,20). The van der Waals surface area contributed by atoms with Crippen molar-refractivity contribution in [2.75, 3.05) is 6.54 Å². The summed E-state index contributed by atoms with van der Waals surface area (Å²) in [6.07, 6.45) is 9.13. The second-order valence-corrected chi connectivity index (χ2v) is 6.72. The van der Waals surface area contributed by atoms with Crippen LogP contribution in [0.15, 0.2) is 4.42 Å². The molecule has 0 saturated heterocycles. The molecule has 1 heterocycles. The van der Waals surface area contributed by atoms with Crippen molar-refractivity contribution in [3.63, 3.8) is 0 Å². The van der Waals surface area contributed by atoms with Crippen LogP contribution in [-0.2, 0) is 11.2 Å². The summed E-state index contributed by atoms with van der Waals surface area (Å²) in [5.41, 5.74) is -0.699. The van der Waals surface area contributed by atoms with Crippen molar-refractivity contribution >= 4 is 5.91 Å². The number of aliphatic hydroxyl groups is 1. The monoisotopic (exact) mass is 307 g/mol. The molecule has 0 bridgehead atoms. The molecule has 0 spiro atoms. The number of rotatable bonds is 6. The van der Waals surface area contributed by atoms with Crippen molar-refractivity contribution in [3.05, 3.63) is 11.8 Å². The minimum absolute atomic E-state index is 0.0686. The van der Waals surface area contributed by atoms with E-state index in [0.717, 1.165) is 44.4 Å². The summed E-state index contributed by atoms with van der Waals surface area (Å²) in [6.45, 7) is 0.350. The lowest BCUT2D eigenvalue weighted by molar-refractivity contribution is -0.122. The number of nitrogens with zero attached hydrogens (tertiary/aromatic N) is 2. The topological polar surface area (TPSA) is 88.2 Å². The lowest BCUT2D eigenvalue weighted by atomic mass is 10.0. The van der Waals surface area contributed by atoms with Crippen molar-refractivity contribution in [1.29, 1.82) is 0 Å². The van der Waals surface area contributed by atoms with Gasteiger partial charge < -0.3 is 14.8 Å². The number of hydrogen-bond donors (Lipinski definition) is 2. The molecule has 2 N–H and O–H groups in total. The summed E-state index contributed by atoms with van der Waals surface area (Å²) in [7, 11) is 0. The van der Waals surface area contributed by atoms with E-state index in [4.69, 9.17) is 4.42 Å². The molecule has 22 heavy (non-hydrogen) atoms. The molecule has 1 aromatic heterocycles. The molecule has 6 nitrogen and oxygen atoms in total. The molecular weight excluding hydrogens is 282 g/mol. The van der Waals surface area contributed by atoms with Gasteiger partial charge in [0.25, 0.3) is 0 Å². The number of hydrogen-bond acceptors (Lipinski definition) is 5. The van der Waals surface area contributed by atoms with Crippen LogP contribution in [0.25, 0.3) is 0 Å². The average molecular weight is 307 g/mol. The van der Waals surface area contributed by atoms with Gasteiger partial charge >= 0.3 is 0 Å². The fraction of sp³-hybridized carbons (Fsp3) is 0.812. The number of carbonyl (C=O) groups excluding carboxylic acids is 1. The molecule has 122 valence electrons. The number of amides is 1. The summed E-state index contributed by atoms with van der Waals surface area (Å²) < 4.78 is 5.66. The van der Waals surface area contributed by atoms with Gasteiger partial charge in [0.05, 0.1) is 5.60 Å². The van der Waals surface area contributed by atoms with Crippen LogP contribution in [-0.4, -0.2) is 33.4 Å². The van der Waals surface area contributed by atoms with Gasteiger partial charge in [-0.3, -0.25) is 4.79 Å². The molecule has 0 aromatic carbocycles. The Morgan fingerprint density at radius 1 is 1.23 bits per heavy atom. The fourth-order valence-corrected chi connectivity index (χ4v) is 3.49. The Labute approximate surface area is 130 Å². The average Bonchev–Trinajstić information content (AvgIpc) is 3.24. The first kappa shape index (κ1) is 15.5. The number of aromatic nitrogens is 2. The van der Waals surface area contributed by atoms with Gasteiger partial charge in [0.15, 0.2) is 0 Å². The van der Waals surface area contributed by atoms with E-state index in [1.165, 1.54) is 12.8 Å². The van der Waals surface area contributed by atoms with Crippen LogP contribution in [0.1, 0.15) is 75.5 Å². The third kappa shape index (κ3) is 3.85. The minimum atomic E-state index is -0.699. The van der Waals surface area contributed by atoms with Crippen LogP contribution < -0.4 is 5.32 Å². The molecule has 2 fully saturated rings. The highest BCUT2D eigenvalue weighted by atomic mass is 16.4. The molecule has 0 unspecified atom stereocenters. The normalized spacial score (nSPS) is 21.3. The van der Waals surface area contributed by atoms with Gasteiger partial charge in [0, 0.05) is 25.3 Å². The zero-order valence-corrected chi connectivity index (χ0v) is 13.0. The van der Waals surface area contributed by atoms with Crippen LogP contribution in [0.4, 0.5) is 0 Å². The summed E-state index contributed by atoms with van der Waals surface area (Å²) in [4.78, 5) is 11.9. The molecule has 0 atom stereocenters. The third-order valence-electron chi connectivity index (χ3n) is 4.90. The van der Waals surface area contributed by atoms with Crippen LogP contribution in [0.2, 0.25) is 0 Å². The maximum Gasteiger partial charge on any atom is 0.220 e. The van der Waals surface area contributed by atoms with E-state index in [0.29, 0.717) is 31.2 Å². The van der Waals surface area contributed by atoms with Crippen LogP contribution in [0.5, 0.6) is 0 Å². The summed E-state index contributed by atoms with van der Waals surface area (Å²) in [5, 5.41) is 21.2. The lowest BCUT2D eigenvalue weighted by Crippen LogP contribution is -2.40. The smallest absolute Gasteiger partial charge is 0.220 e.